The number of likely N-dealkylation sites (tertiary alicyclic amines) is 1. The first-order chi connectivity index (χ1) is 13.0. The fraction of sp³-hybridized carbons (Fsp3) is 0.381. The van der Waals surface area contributed by atoms with Crippen LogP contribution in [0.2, 0.25) is 0 Å². The van der Waals surface area contributed by atoms with Gasteiger partial charge in [-0.1, -0.05) is 31.2 Å². The number of carbonyl (C=O) groups is 1. The summed E-state index contributed by atoms with van der Waals surface area (Å²) in [7, 11) is -3.69. The minimum absolute atomic E-state index is 0.0829. The first-order valence-electron chi connectivity index (χ1n) is 9.47. The highest BCUT2D eigenvalue weighted by Gasteiger charge is 2.31. The lowest BCUT2D eigenvalue weighted by Crippen LogP contribution is -2.39. The summed E-state index contributed by atoms with van der Waals surface area (Å²) >= 11 is 0. The minimum Gasteiger partial charge on any atom is -0.338 e. The topological polar surface area (TPSA) is 57.7 Å². The maximum Gasteiger partial charge on any atom is 0.264 e. The van der Waals surface area contributed by atoms with Crippen LogP contribution in [-0.4, -0.2) is 38.9 Å². The number of fused-ring (bicyclic) bond motifs is 1. The van der Waals surface area contributed by atoms with E-state index in [4.69, 9.17) is 0 Å². The van der Waals surface area contributed by atoms with Gasteiger partial charge in [-0.2, -0.15) is 0 Å². The molecule has 0 unspecified atom stereocenters. The summed E-state index contributed by atoms with van der Waals surface area (Å²) < 4.78 is 27.9. The van der Waals surface area contributed by atoms with Crippen LogP contribution in [0.4, 0.5) is 5.69 Å². The molecule has 0 spiro atoms. The van der Waals surface area contributed by atoms with Gasteiger partial charge < -0.3 is 4.90 Å². The summed E-state index contributed by atoms with van der Waals surface area (Å²) in [6.07, 6.45) is 2.84. The number of amides is 1. The van der Waals surface area contributed by atoms with Crippen molar-refractivity contribution in [2.45, 2.75) is 31.1 Å². The van der Waals surface area contributed by atoms with Crippen molar-refractivity contribution in [2.75, 3.05) is 23.9 Å². The molecule has 0 bridgehead atoms. The molecular weight excluding hydrogens is 360 g/mol. The monoisotopic (exact) mass is 384 g/mol. The van der Waals surface area contributed by atoms with Crippen molar-refractivity contribution in [2.24, 2.45) is 5.92 Å². The fourth-order valence-corrected chi connectivity index (χ4v) is 5.58. The molecule has 2 aliphatic rings. The molecule has 2 heterocycles. The quantitative estimate of drug-likeness (QED) is 0.816. The molecule has 6 heteroatoms. The van der Waals surface area contributed by atoms with Gasteiger partial charge in [0.1, 0.15) is 0 Å². The van der Waals surface area contributed by atoms with Gasteiger partial charge in [0.15, 0.2) is 0 Å². The molecule has 142 valence electrons. The average molecular weight is 385 g/mol. The molecule has 27 heavy (non-hydrogen) atoms. The summed E-state index contributed by atoms with van der Waals surface area (Å²) in [5.41, 5.74) is 2.22. The van der Waals surface area contributed by atoms with E-state index in [0.29, 0.717) is 24.4 Å². The number of hydrogen-bond acceptors (Lipinski definition) is 3. The van der Waals surface area contributed by atoms with E-state index >= 15 is 0 Å². The Morgan fingerprint density at radius 1 is 1.07 bits per heavy atom. The zero-order valence-electron chi connectivity index (χ0n) is 15.5. The van der Waals surface area contributed by atoms with Crippen molar-refractivity contribution in [3.63, 3.8) is 0 Å². The molecule has 4 rings (SSSR count). The molecular formula is C21H24N2O3S. The van der Waals surface area contributed by atoms with Gasteiger partial charge in [0.05, 0.1) is 10.6 Å². The Bertz CT molecular complexity index is 971. The molecule has 2 aromatic carbocycles. The standard InChI is InChI=1S/C21H24N2O3S/c1-16-6-5-12-22(15-16)21(24)18-8-4-9-19(14-18)27(25,26)23-13-11-17-7-2-3-10-20(17)23/h2-4,7-10,14,16H,5-6,11-13,15H2,1H3/t16-/m1/s1. The first kappa shape index (κ1) is 18.0. The van der Waals surface area contributed by atoms with E-state index < -0.39 is 10.0 Å². The normalized spacial score (nSPS) is 19.8. The molecule has 5 nitrogen and oxygen atoms in total. The van der Waals surface area contributed by atoms with E-state index in [9.17, 15) is 13.2 Å². The van der Waals surface area contributed by atoms with Gasteiger partial charge >= 0.3 is 0 Å². The number of carbonyl (C=O) groups excluding carboxylic acids is 1. The van der Waals surface area contributed by atoms with E-state index in [1.807, 2.05) is 29.2 Å². The molecule has 0 aromatic heterocycles. The summed E-state index contributed by atoms with van der Waals surface area (Å²) in [5, 5.41) is 0. The molecule has 2 aromatic rings. The lowest BCUT2D eigenvalue weighted by atomic mass is 9.99. The van der Waals surface area contributed by atoms with Crippen LogP contribution < -0.4 is 4.31 Å². The first-order valence-corrected chi connectivity index (χ1v) is 10.9. The fourth-order valence-electron chi connectivity index (χ4n) is 4.03. The summed E-state index contributed by atoms with van der Waals surface area (Å²) in [5.74, 6) is 0.399. The van der Waals surface area contributed by atoms with Gasteiger partial charge in [0, 0.05) is 25.2 Å². The molecule has 0 saturated carbocycles. The van der Waals surface area contributed by atoms with Crippen molar-refractivity contribution in [3.8, 4) is 0 Å². The second-order valence-electron chi connectivity index (χ2n) is 7.48. The van der Waals surface area contributed by atoms with Crippen LogP contribution in [0.3, 0.4) is 0 Å². The Morgan fingerprint density at radius 2 is 1.89 bits per heavy atom. The van der Waals surface area contributed by atoms with Crippen LogP contribution in [0.5, 0.6) is 0 Å². The van der Waals surface area contributed by atoms with Gasteiger partial charge in [-0.25, -0.2) is 8.42 Å². The van der Waals surface area contributed by atoms with Gasteiger partial charge in [0.25, 0.3) is 15.9 Å². The second kappa shape index (κ2) is 7.00. The predicted octanol–water partition coefficient (Wildman–Crippen LogP) is 3.31. The Kier molecular flexibility index (Phi) is 4.68. The van der Waals surface area contributed by atoms with E-state index in [-0.39, 0.29) is 10.8 Å². The number of hydrogen-bond donors (Lipinski definition) is 0. The molecule has 0 aliphatic carbocycles. The Hall–Kier alpha value is -2.34. The predicted molar refractivity (Wildman–Crippen MR) is 105 cm³/mol. The number of benzene rings is 2. The van der Waals surface area contributed by atoms with Crippen LogP contribution in [0.1, 0.15) is 35.7 Å². The number of nitrogens with zero attached hydrogens (tertiary/aromatic N) is 2. The van der Waals surface area contributed by atoms with Gasteiger partial charge in [-0.3, -0.25) is 9.10 Å². The molecule has 0 N–H and O–H groups in total. The van der Waals surface area contributed by atoms with Crippen molar-refractivity contribution >= 4 is 21.6 Å². The van der Waals surface area contributed by atoms with Crippen LogP contribution in [0.15, 0.2) is 53.4 Å². The highest BCUT2D eigenvalue weighted by Crippen LogP contribution is 2.33. The maximum absolute atomic E-state index is 13.2. The summed E-state index contributed by atoms with van der Waals surface area (Å²) in [4.78, 5) is 14.9. The van der Waals surface area contributed by atoms with Crippen molar-refractivity contribution < 1.29 is 13.2 Å². The number of piperidine rings is 1. The second-order valence-corrected chi connectivity index (χ2v) is 9.34. The van der Waals surface area contributed by atoms with Crippen molar-refractivity contribution in [3.05, 3.63) is 59.7 Å². The molecule has 0 radical (unpaired) electrons. The molecule has 1 saturated heterocycles. The third-order valence-corrected chi connectivity index (χ3v) is 7.27. The Labute approximate surface area is 160 Å². The smallest absolute Gasteiger partial charge is 0.264 e. The highest BCUT2D eigenvalue weighted by atomic mass is 32.2. The van der Waals surface area contributed by atoms with E-state index in [1.54, 1.807) is 18.2 Å². The van der Waals surface area contributed by atoms with Crippen LogP contribution in [0.25, 0.3) is 0 Å². The third-order valence-electron chi connectivity index (χ3n) is 5.46. The number of sulfonamides is 1. The Morgan fingerprint density at radius 3 is 2.70 bits per heavy atom. The van der Waals surface area contributed by atoms with E-state index in [0.717, 1.165) is 37.2 Å². The Balaban J connectivity index is 1.63. The highest BCUT2D eigenvalue weighted by molar-refractivity contribution is 7.92. The van der Waals surface area contributed by atoms with Crippen LogP contribution in [-0.2, 0) is 16.4 Å². The van der Waals surface area contributed by atoms with Gasteiger partial charge in [0.2, 0.25) is 0 Å². The maximum atomic E-state index is 13.2. The average Bonchev–Trinajstić information content (AvgIpc) is 3.12. The van der Waals surface area contributed by atoms with E-state index in [2.05, 4.69) is 6.92 Å². The lowest BCUT2D eigenvalue weighted by molar-refractivity contribution is 0.0683. The molecule has 1 fully saturated rings. The summed E-state index contributed by atoms with van der Waals surface area (Å²) in [6, 6.07) is 14.0. The van der Waals surface area contributed by atoms with Gasteiger partial charge in [-0.05, 0) is 55.0 Å². The summed E-state index contributed by atoms with van der Waals surface area (Å²) in [6.45, 7) is 4.05. The lowest BCUT2D eigenvalue weighted by Gasteiger charge is -2.31. The van der Waals surface area contributed by atoms with Crippen LogP contribution in [0, 0.1) is 5.92 Å². The molecule has 2 aliphatic heterocycles. The number of rotatable bonds is 3. The minimum atomic E-state index is -3.69. The molecule has 1 atom stereocenters. The largest absolute Gasteiger partial charge is 0.338 e. The number of anilines is 1. The zero-order chi connectivity index (χ0) is 19.0. The third kappa shape index (κ3) is 3.34. The van der Waals surface area contributed by atoms with E-state index in [1.165, 1.54) is 10.4 Å². The van der Waals surface area contributed by atoms with Crippen molar-refractivity contribution in [1.29, 1.82) is 0 Å². The SMILES string of the molecule is C[C@@H]1CCCN(C(=O)c2cccc(S(=O)(=O)N3CCc4ccccc43)c2)C1. The number of para-hydroxylation sites is 1. The zero-order valence-corrected chi connectivity index (χ0v) is 16.3. The van der Waals surface area contributed by atoms with Crippen LogP contribution >= 0.6 is 0 Å². The molecule has 1 amide bonds. The van der Waals surface area contributed by atoms with Crippen molar-refractivity contribution in [1.82, 2.24) is 4.90 Å². The van der Waals surface area contributed by atoms with Gasteiger partial charge in [-0.15, -0.1) is 0 Å².